The fraction of sp³-hybridized carbons (Fsp3) is 0.846. The fourth-order valence-electron chi connectivity index (χ4n) is 2.07. The van der Waals surface area contributed by atoms with Gasteiger partial charge in [0.25, 0.3) is 0 Å². The molecule has 0 aliphatic heterocycles. The molecule has 2 aliphatic rings. The average Bonchev–Trinajstić information content (AvgIpc) is 3.13. The number of hydrogen-bond acceptors (Lipinski definition) is 2. The standard InChI is InChI=1S/C13H22N2O3/c1-9(2-7-12(16)17)14-13(18)15(11-5-6-11)8-10-3-4-10/h9-11H,2-8H2,1H3,(H,14,18)(H,16,17). The van der Waals surface area contributed by atoms with Crippen LogP contribution in [0.1, 0.15) is 45.4 Å². The molecule has 0 saturated heterocycles. The molecule has 2 saturated carbocycles. The summed E-state index contributed by atoms with van der Waals surface area (Å²) < 4.78 is 0. The minimum Gasteiger partial charge on any atom is -0.481 e. The molecule has 2 rings (SSSR count). The van der Waals surface area contributed by atoms with Crippen molar-refractivity contribution in [1.82, 2.24) is 10.2 Å². The van der Waals surface area contributed by atoms with E-state index in [2.05, 4.69) is 5.32 Å². The van der Waals surface area contributed by atoms with Crippen LogP contribution in [0.3, 0.4) is 0 Å². The molecule has 0 bridgehead atoms. The van der Waals surface area contributed by atoms with Gasteiger partial charge in [-0.15, -0.1) is 0 Å². The van der Waals surface area contributed by atoms with Crippen molar-refractivity contribution < 1.29 is 14.7 Å². The summed E-state index contributed by atoms with van der Waals surface area (Å²) in [7, 11) is 0. The second-order valence-corrected chi connectivity index (χ2v) is 5.61. The lowest BCUT2D eigenvalue weighted by Crippen LogP contribution is -2.46. The highest BCUT2D eigenvalue weighted by Crippen LogP contribution is 2.34. The summed E-state index contributed by atoms with van der Waals surface area (Å²) in [5.74, 6) is -0.112. The number of rotatable bonds is 7. The van der Waals surface area contributed by atoms with Gasteiger partial charge in [-0.1, -0.05) is 0 Å². The molecule has 0 aromatic carbocycles. The van der Waals surface area contributed by atoms with E-state index in [1.807, 2.05) is 11.8 Å². The first kappa shape index (κ1) is 13.2. The molecule has 2 aliphatic carbocycles. The van der Waals surface area contributed by atoms with Crippen molar-refractivity contribution in [2.24, 2.45) is 5.92 Å². The average molecular weight is 254 g/mol. The number of aliphatic carboxylic acids is 1. The summed E-state index contributed by atoms with van der Waals surface area (Å²) in [5, 5.41) is 11.5. The van der Waals surface area contributed by atoms with E-state index in [1.54, 1.807) is 0 Å². The van der Waals surface area contributed by atoms with Gasteiger partial charge < -0.3 is 15.3 Å². The van der Waals surface area contributed by atoms with Gasteiger partial charge in [0.05, 0.1) is 0 Å². The van der Waals surface area contributed by atoms with Crippen LogP contribution in [-0.4, -0.2) is 40.6 Å². The predicted octanol–water partition coefficient (Wildman–Crippen LogP) is 1.82. The molecule has 1 unspecified atom stereocenters. The predicted molar refractivity (Wildman–Crippen MR) is 67.3 cm³/mol. The molecule has 18 heavy (non-hydrogen) atoms. The van der Waals surface area contributed by atoms with E-state index >= 15 is 0 Å². The van der Waals surface area contributed by atoms with Gasteiger partial charge in [0.2, 0.25) is 0 Å². The Hall–Kier alpha value is -1.26. The van der Waals surface area contributed by atoms with Crippen molar-refractivity contribution in [2.75, 3.05) is 6.54 Å². The highest BCUT2D eigenvalue weighted by molar-refractivity contribution is 5.75. The van der Waals surface area contributed by atoms with Gasteiger partial charge >= 0.3 is 12.0 Å². The zero-order valence-electron chi connectivity index (χ0n) is 10.9. The molecule has 1 atom stereocenters. The SMILES string of the molecule is CC(CCC(=O)O)NC(=O)N(CC1CC1)C1CC1. The van der Waals surface area contributed by atoms with Crippen LogP contribution in [0.2, 0.25) is 0 Å². The molecule has 0 radical (unpaired) electrons. The highest BCUT2D eigenvalue weighted by Gasteiger charge is 2.36. The van der Waals surface area contributed by atoms with E-state index < -0.39 is 5.97 Å². The normalized spacial score (nSPS) is 20.3. The molecule has 0 spiro atoms. The number of hydrogen-bond donors (Lipinski definition) is 2. The zero-order valence-corrected chi connectivity index (χ0v) is 10.9. The van der Waals surface area contributed by atoms with Crippen molar-refractivity contribution >= 4 is 12.0 Å². The molecule has 5 nitrogen and oxygen atoms in total. The highest BCUT2D eigenvalue weighted by atomic mass is 16.4. The van der Waals surface area contributed by atoms with E-state index in [1.165, 1.54) is 12.8 Å². The maximum Gasteiger partial charge on any atom is 0.317 e. The third-order valence-corrected chi connectivity index (χ3v) is 3.56. The minimum atomic E-state index is -0.812. The number of nitrogens with one attached hydrogen (secondary N) is 1. The summed E-state index contributed by atoms with van der Waals surface area (Å²) in [4.78, 5) is 24.5. The van der Waals surface area contributed by atoms with E-state index in [-0.39, 0.29) is 18.5 Å². The largest absolute Gasteiger partial charge is 0.481 e. The molecule has 102 valence electrons. The molecule has 0 heterocycles. The van der Waals surface area contributed by atoms with E-state index in [0.717, 1.165) is 19.4 Å². The molecule has 0 aromatic heterocycles. The van der Waals surface area contributed by atoms with Gasteiger partial charge in [-0.25, -0.2) is 4.79 Å². The van der Waals surface area contributed by atoms with Crippen LogP contribution in [-0.2, 0) is 4.79 Å². The Kier molecular flexibility index (Phi) is 4.09. The molecular formula is C13H22N2O3. The van der Waals surface area contributed by atoms with Crippen molar-refractivity contribution in [3.8, 4) is 0 Å². The summed E-state index contributed by atoms with van der Waals surface area (Å²) in [6.45, 7) is 2.74. The quantitative estimate of drug-likeness (QED) is 0.728. The van der Waals surface area contributed by atoms with Crippen LogP contribution < -0.4 is 5.32 Å². The van der Waals surface area contributed by atoms with Crippen molar-refractivity contribution in [3.63, 3.8) is 0 Å². The number of carbonyl (C=O) groups is 2. The smallest absolute Gasteiger partial charge is 0.317 e. The summed E-state index contributed by atoms with van der Waals surface area (Å²) in [6.07, 6.45) is 5.31. The van der Waals surface area contributed by atoms with Crippen molar-refractivity contribution in [3.05, 3.63) is 0 Å². The lowest BCUT2D eigenvalue weighted by atomic mass is 10.2. The Morgan fingerprint density at radius 1 is 1.33 bits per heavy atom. The van der Waals surface area contributed by atoms with E-state index in [0.29, 0.717) is 18.4 Å². The van der Waals surface area contributed by atoms with E-state index in [9.17, 15) is 9.59 Å². The molecule has 2 fully saturated rings. The third-order valence-electron chi connectivity index (χ3n) is 3.56. The molecule has 2 amide bonds. The van der Waals surface area contributed by atoms with Crippen LogP contribution >= 0.6 is 0 Å². The Balaban J connectivity index is 1.74. The molecule has 0 aromatic rings. The fourth-order valence-corrected chi connectivity index (χ4v) is 2.07. The monoisotopic (exact) mass is 254 g/mol. The Morgan fingerprint density at radius 3 is 2.50 bits per heavy atom. The van der Waals surface area contributed by atoms with Crippen LogP contribution in [0.4, 0.5) is 4.79 Å². The first-order valence-electron chi connectivity index (χ1n) is 6.85. The topological polar surface area (TPSA) is 69.6 Å². The van der Waals surface area contributed by atoms with E-state index in [4.69, 9.17) is 5.11 Å². The Labute approximate surface area is 108 Å². The number of amides is 2. The van der Waals surface area contributed by atoms with Gasteiger partial charge in [0.15, 0.2) is 0 Å². The van der Waals surface area contributed by atoms with Crippen molar-refractivity contribution in [2.45, 2.75) is 57.5 Å². The Morgan fingerprint density at radius 2 is 2.00 bits per heavy atom. The van der Waals surface area contributed by atoms with Crippen LogP contribution in [0, 0.1) is 5.92 Å². The van der Waals surface area contributed by atoms with Gasteiger partial charge in [-0.05, 0) is 44.9 Å². The van der Waals surface area contributed by atoms with Gasteiger partial charge in [0.1, 0.15) is 0 Å². The number of carboxylic acids is 1. The van der Waals surface area contributed by atoms with Crippen LogP contribution in [0.25, 0.3) is 0 Å². The third kappa shape index (κ3) is 4.20. The molecule has 5 heteroatoms. The van der Waals surface area contributed by atoms with Crippen molar-refractivity contribution in [1.29, 1.82) is 0 Å². The summed E-state index contributed by atoms with van der Waals surface area (Å²) in [6, 6.07) is 0.341. The molecular weight excluding hydrogens is 232 g/mol. The summed E-state index contributed by atoms with van der Waals surface area (Å²) in [5.41, 5.74) is 0. The van der Waals surface area contributed by atoms with Gasteiger partial charge in [0, 0.05) is 25.0 Å². The number of urea groups is 1. The second-order valence-electron chi connectivity index (χ2n) is 5.61. The summed E-state index contributed by atoms with van der Waals surface area (Å²) >= 11 is 0. The minimum absolute atomic E-state index is 0.0118. The van der Waals surface area contributed by atoms with Gasteiger partial charge in [-0.2, -0.15) is 0 Å². The number of carbonyl (C=O) groups excluding carboxylic acids is 1. The van der Waals surface area contributed by atoms with Crippen LogP contribution in [0.5, 0.6) is 0 Å². The molecule has 2 N–H and O–H groups in total. The maximum absolute atomic E-state index is 12.1. The lowest BCUT2D eigenvalue weighted by Gasteiger charge is -2.25. The maximum atomic E-state index is 12.1. The van der Waals surface area contributed by atoms with Crippen LogP contribution in [0.15, 0.2) is 0 Å². The first-order chi connectivity index (χ1) is 8.56. The van der Waals surface area contributed by atoms with Gasteiger partial charge in [-0.3, -0.25) is 4.79 Å². The Bertz CT molecular complexity index is 324. The lowest BCUT2D eigenvalue weighted by molar-refractivity contribution is -0.137. The first-order valence-corrected chi connectivity index (χ1v) is 6.85. The zero-order chi connectivity index (χ0) is 13.1. The number of carboxylic acid groups (broad SMARTS) is 1. The second kappa shape index (κ2) is 5.59. The number of nitrogens with zero attached hydrogens (tertiary/aromatic N) is 1.